The number of Topliss-reactive ketones (excluding diaryl/α,β-unsaturated/α-hetero) is 1. The molecule has 1 aromatic carbocycles. The molecule has 3 atom stereocenters. The van der Waals surface area contributed by atoms with Crippen LogP contribution in [0.5, 0.6) is 0 Å². The fraction of sp³-hybridized carbons (Fsp3) is 0.619. The molecule has 0 bridgehead atoms. The number of rotatable bonds is 7. The van der Waals surface area contributed by atoms with E-state index in [9.17, 15) is 18.4 Å². The Bertz CT molecular complexity index is 730. The molecule has 0 aromatic heterocycles. The van der Waals surface area contributed by atoms with Gasteiger partial charge in [0.1, 0.15) is 5.78 Å². The number of carbonyl (C=O) groups excluding carboxylic acids is 2. The second-order valence-corrected chi connectivity index (χ2v) is 8.38. The number of fused-ring (bicyclic) bond motifs is 1. The molecule has 4 rings (SSSR count). The lowest BCUT2D eigenvalue weighted by Gasteiger charge is -2.36. The molecule has 1 heterocycles. The van der Waals surface area contributed by atoms with Crippen molar-refractivity contribution in [3.63, 3.8) is 0 Å². The van der Waals surface area contributed by atoms with Gasteiger partial charge in [0.05, 0.1) is 0 Å². The summed E-state index contributed by atoms with van der Waals surface area (Å²) in [7, 11) is 0. The van der Waals surface area contributed by atoms with Crippen molar-refractivity contribution in [1.29, 1.82) is 0 Å². The zero-order chi connectivity index (χ0) is 19.2. The predicted octanol–water partition coefficient (Wildman–Crippen LogP) is 3.82. The molecule has 3 aliphatic rings. The predicted molar refractivity (Wildman–Crippen MR) is 98.6 cm³/mol. The minimum absolute atomic E-state index is 0.105. The topological polar surface area (TPSA) is 49.4 Å². The van der Waals surface area contributed by atoms with Gasteiger partial charge in [-0.3, -0.25) is 14.5 Å². The summed E-state index contributed by atoms with van der Waals surface area (Å²) in [4.78, 5) is 27.1. The van der Waals surface area contributed by atoms with Gasteiger partial charge in [0.15, 0.2) is 0 Å². The fourth-order valence-corrected chi connectivity index (χ4v) is 4.58. The maximum atomic E-state index is 13.4. The third kappa shape index (κ3) is 3.91. The Balaban J connectivity index is 1.22. The lowest BCUT2D eigenvalue weighted by atomic mass is 9.91. The molecule has 2 saturated carbocycles. The third-order valence-electron chi connectivity index (χ3n) is 6.44. The molecule has 1 amide bonds. The number of nitrogens with zero attached hydrogens (tertiary/aromatic N) is 1. The molecule has 146 valence electrons. The van der Waals surface area contributed by atoms with Gasteiger partial charge in [0.2, 0.25) is 5.91 Å². The van der Waals surface area contributed by atoms with E-state index in [2.05, 4.69) is 10.2 Å². The molecule has 0 spiro atoms. The summed E-state index contributed by atoms with van der Waals surface area (Å²) in [5.41, 5.74) is 0.198. The van der Waals surface area contributed by atoms with Gasteiger partial charge in [0, 0.05) is 56.1 Å². The maximum Gasteiger partial charge on any atom is 0.270 e. The van der Waals surface area contributed by atoms with Crippen molar-refractivity contribution in [2.45, 2.75) is 51.0 Å². The van der Waals surface area contributed by atoms with E-state index < -0.39 is 5.92 Å². The number of amides is 1. The minimum Gasteiger partial charge on any atom is -0.326 e. The number of piperidine rings is 1. The first-order valence-electron chi connectivity index (χ1n) is 9.88. The van der Waals surface area contributed by atoms with Crippen molar-refractivity contribution in [2.24, 2.45) is 17.8 Å². The third-order valence-corrected chi connectivity index (χ3v) is 6.44. The van der Waals surface area contributed by atoms with Gasteiger partial charge in [-0.05, 0) is 36.8 Å². The average molecular weight is 376 g/mol. The van der Waals surface area contributed by atoms with Gasteiger partial charge in [-0.2, -0.15) is 0 Å². The monoisotopic (exact) mass is 376 g/mol. The van der Waals surface area contributed by atoms with Crippen LogP contribution >= 0.6 is 0 Å². The number of anilines is 1. The van der Waals surface area contributed by atoms with E-state index >= 15 is 0 Å². The molecular weight excluding hydrogens is 350 g/mol. The number of halogens is 2. The summed E-state index contributed by atoms with van der Waals surface area (Å²) in [5, 5.41) is 2.62. The lowest BCUT2D eigenvalue weighted by molar-refractivity contribution is -0.124. The van der Waals surface area contributed by atoms with Crippen LogP contribution in [0.25, 0.3) is 0 Å². The van der Waals surface area contributed by atoms with Gasteiger partial charge in [-0.25, -0.2) is 8.78 Å². The smallest absolute Gasteiger partial charge is 0.270 e. The number of nitrogens with one attached hydrogen (secondary N) is 1. The van der Waals surface area contributed by atoms with E-state index in [4.69, 9.17) is 0 Å². The molecule has 0 radical (unpaired) electrons. The van der Waals surface area contributed by atoms with Gasteiger partial charge in [-0.1, -0.05) is 18.6 Å². The molecule has 1 aromatic rings. The Morgan fingerprint density at radius 2 is 1.89 bits per heavy atom. The van der Waals surface area contributed by atoms with Crippen LogP contribution in [-0.2, 0) is 15.5 Å². The highest BCUT2D eigenvalue weighted by atomic mass is 19.3. The van der Waals surface area contributed by atoms with Crippen LogP contribution in [0.4, 0.5) is 14.5 Å². The Morgan fingerprint density at radius 3 is 2.48 bits per heavy atom. The Labute approximate surface area is 158 Å². The normalized spacial score (nSPS) is 27.7. The molecule has 6 heteroatoms. The summed E-state index contributed by atoms with van der Waals surface area (Å²) in [6, 6.07) is 6.42. The first-order chi connectivity index (χ1) is 12.8. The molecule has 3 fully saturated rings. The molecule has 1 aliphatic heterocycles. The fourth-order valence-electron chi connectivity index (χ4n) is 4.58. The second kappa shape index (κ2) is 6.97. The molecule has 1 unspecified atom stereocenters. The van der Waals surface area contributed by atoms with E-state index in [-0.39, 0.29) is 36.0 Å². The van der Waals surface area contributed by atoms with Crippen LogP contribution in [-0.4, -0.2) is 35.7 Å². The highest BCUT2D eigenvalue weighted by Gasteiger charge is 2.59. The average Bonchev–Trinajstić information content (AvgIpc) is 3.06. The number of hydrogen-bond donors (Lipinski definition) is 1. The van der Waals surface area contributed by atoms with Crippen LogP contribution in [0.2, 0.25) is 0 Å². The molecule has 2 aliphatic carbocycles. The zero-order valence-corrected chi connectivity index (χ0v) is 15.6. The van der Waals surface area contributed by atoms with Gasteiger partial charge < -0.3 is 5.32 Å². The van der Waals surface area contributed by atoms with Gasteiger partial charge >= 0.3 is 0 Å². The van der Waals surface area contributed by atoms with E-state index in [0.29, 0.717) is 17.5 Å². The Hall–Kier alpha value is -1.82. The summed E-state index contributed by atoms with van der Waals surface area (Å²) < 4.78 is 26.8. The van der Waals surface area contributed by atoms with Crippen molar-refractivity contribution in [3.05, 3.63) is 29.8 Å². The second-order valence-electron chi connectivity index (χ2n) is 8.38. The van der Waals surface area contributed by atoms with E-state index in [0.717, 1.165) is 26.1 Å². The lowest BCUT2D eigenvalue weighted by Crippen LogP contribution is -2.40. The van der Waals surface area contributed by atoms with Crippen molar-refractivity contribution >= 4 is 17.4 Å². The van der Waals surface area contributed by atoms with Crippen molar-refractivity contribution in [2.75, 3.05) is 18.4 Å². The first kappa shape index (κ1) is 18.5. The largest absolute Gasteiger partial charge is 0.326 e. The maximum absolute atomic E-state index is 13.4. The standard InChI is InChI=1S/C21H26F2N2O2/c1-21(22,23)13-4-2-5-14(10-13)24-19(27)9-8-18(26)20-16-11-25(12-17(16)20)15-6-3-7-15/h2,4-5,10,15-17,20H,3,6-9,11-12H2,1H3,(H,24,27)/t16-,17+,20?. The molecule has 1 saturated heterocycles. The van der Waals surface area contributed by atoms with Crippen LogP contribution in [0, 0.1) is 17.8 Å². The van der Waals surface area contributed by atoms with E-state index in [1.54, 1.807) is 6.07 Å². The van der Waals surface area contributed by atoms with Crippen LogP contribution in [0.15, 0.2) is 24.3 Å². The van der Waals surface area contributed by atoms with Crippen LogP contribution < -0.4 is 5.32 Å². The number of hydrogen-bond acceptors (Lipinski definition) is 3. The van der Waals surface area contributed by atoms with E-state index in [1.807, 2.05) is 0 Å². The number of benzene rings is 1. The van der Waals surface area contributed by atoms with Crippen molar-refractivity contribution in [3.8, 4) is 0 Å². The number of alkyl halides is 2. The zero-order valence-electron chi connectivity index (χ0n) is 15.6. The minimum atomic E-state index is -2.95. The number of ketones is 1. The molecule has 4 nitrogen and oxygen atoms in total. The van der Waals surface area contributed by atoms with Gasteiger partial charge in [0.25, 0.3) is 5.92 Å². The SMILES string of the molecule is CC(F)(F)c1cccc(NC(=O)CCC(=O)C2[C@H]3CN(C4CCC4)C[C@@H]23)c1. The summed E-state index contributed by atoms with van der Waals surface area (Å²) in [6.07, 6.45) is 4.25. The Kier molecular flexibility index (Phi) is 4.78. The number of carbonyl (C=O) groups is 2. The van der Waals surface area contributed by atoms with Crippen molar-refractivity contribution in [1.82, 2.24) is 4.90 Å². The summed E-state index contributed by atoms with van der Waals surface area (Å²) >= 11 is 0. The van der Waals surface area contributed by atoms with Crippen molar-refractivity contribution < 1.29 is 18.4 Å². The quantitative estimate of drug-likeness (QED) is 0.787. The summed E-state index contributed by atoms with van der Waals surface area (Å²) in [5.74, 6) is -1.96. The van der Waals surface area contributed by atoms with Crippen LogP contribution in [0.3, 0.4) is 0 Å². The highest BCUT2D eigenvalue weighted by molar-refractivity contribution is 5.94. The number of likely N-dealkylation sites (tertiary alicyclic amines) is 1. The van der Waals surface area contributed by atoms with Gasteiger partial charge in [-0.15, -0.1) is 0 Å². The molecule has 1 N–H and O–H groups in total. The molecular formula is C21H26F2N2O2. The van der Waals surface area contributed by atoms with E-state index in [1.165, 1.54) is 37.5 Å². The van der Waals surface area contributed by atoms with Crippen LogP contribution in [0.1, 0.15) is 44.6 Å². The first-order valence-corrected chi connectivity index (χ1v) is 9.88. The molecule has 27 heavy (non-hydrogen) atoms. The summed E-state index contributed by atoms with van der Waals surface area (Å²) in [6.45, 7) is 2.90. The Morgan fingerprint density at radius 1 is 1.19 bits per heavy atom. The highest BCUT2D eigenvalue weighted by Crippen LogP contribution is 2.54.